The Morgan fingerprint density at radius 1 is 1.18 bits per heavy atom. The fourth-order valence-corrected chi connectivity index (χ4v) is 2.57. The summed E-state index contributed by atoms with van der Waals surface area (Å²) in [4.78, 5) is 0. The summed E-state index contributed by atoms with van der Waals surface area (Å²) < 4.78 is 2.51. The van der Waals surface area contributed by atoms with Gasteiger partial charge in [0.2, 0.25) is 0 Å². The first-order valence-corrected chi connectivity index (χ1v) is 9.32. The van der Waals surface area contributed by atoms with Crippen molar-refractivity contribution in [3.8, 4) is 0 Å². The van der Waals surface area contributed by atoms with Gasteiger partial charge in [-0.2, -0.15) is 0 Å². The summed E-state index contributed by atoms with van der Waals surface area (Å²) in [6.45, 7) is 0. The monoisotopic (exact) mass is 286 g/mol. The number of aryl methyl sites for hydroxylation is 1. The molecule has 0 N–H and O–H groups in total. The first-order chi connectivity index (χ1) is 5.33. The summed E-state index contributed by atoms with van der Waals surface area (Å²) in [5.41, 5.74) is 1.44. The van der Waals surface area contributed by atoms with E-state index >= 15 is 0 Å². The van der Waals surface area contributed by atoms with Crippen LogP contribution in [0, 0.1) is 0 Å². The SMILES string of the molecule is [Br][Mg][CH2]Cc1ccc(Br)cc1. The Morgan fingerprint density at radius 3 is 2.36 bits per heavy atom. The molecule has 56 valence electrons. The van der Waals surface area contributed by atoms with Gasteiger partial charge in [0, 0.05) is 4.47 Å². The van der Waals surface area contributed by atoms with Crippen LogP contribution in [0.4, 0.5) is 0 Å². The lowest BCUT2D eigenvalue weighted by molar-refractivity contribution is 1.13. The highest BCUT2D eigenvalue weighted by molar-refractivity contribution is 9.23. The summed E-state index contributed by atoms with van der Waals surface area (Å²) >= 11 is 7.03. The third kappa shape index (κ3) is 3.92. The van der Waals surface area contributed by atoms with E-state index in [1.165, 1.54) is 16.5 Å². The third-order valence-electron chi connectivity index (χ3n) is 1.51. The molecule has 1 aromatic rings. The lowest BCUT2D eigenvalue weighted by Gasteiger charge is -1.97. The molecule has 0 aliphatic rings. The van der Waals surface area contributed by atoms with Crippen LogP contribution in [0.5, 0.6) is 0 Å². The number of hydrogen-bond acceptors (Lipinski definition) is 0. The average molecular weight is 288 g/mol. The van der Waals surface area contributed by atoms with E-state index in [0.717, 1.165) is 4.47 Å². The van der Waals surface area contributed by atoms with Gasteiger partial charge >= 0.3 is 18.2 Å². The second-order valence-electron chi connectivity index (χ2n) is 2.42. The molecule has 0 unspecified atom stereocenters. The fraction of sp³-hybridized carbons (Fsp3) is 0.250. The zero-order valence-electron chi connectivity index (χ0n) is 6.19. The van der Waals surface area contributed by atoms with Crippen LogP contribution in [0.3, 0.4) is 0 Å². The molecule has 0 saturated heterocycles. The largest absolute Gasteiger partial charge is 0.468 e. The molecular formula is C8H8Br2Mg. The van der Waals surface area contributed by atoms with Gasteiger partial charge in [0.25, 0.3) is 0 Å². The molecule has 0 aliphatic heterocycles. The van der Waals surface area contributed by atoms with Gasteiger partial charge in [-0.1, -0.05) is 33.6 Å². The van der Waals surface area contributed by atoms with Crippen molar-refractivity contribution in [2.24, 2.45) is 0 Å². The van der Waals surface area contributed by atoms with Crippen LogP contribution in [0.1, 0.15) is 5.56 Å². The van der Waals surface area contributed by atoms with Crippen LogP contribution in [0.15, 0.2) is 28.7 Å². The topological polar surface area (TPSA) is 0 Å². The van der Waals surface area contributed by atoms with Crippen molar-refractivity contribution in [1.82, 2.24) is 0 Å². The summed E-state index contributed by atoms with van der Waals surface area (Å²) in [5, 5.41) is 0. The smallest absolute Gasteiger partial charge is 0.307 e. The average Bonchev–Trinajstić information content (AvgIpc) is 2.04. The zero-order chi connectivity index (χ0) is 8.10. The molecular weight excluding hydrogens is 280 g/mol. The Labute approximate surface area is 91.5 Å². The highest BCUT2D eigenvalue weighted by Crippen LogP contribution is 2.11. The van der Waals surface area contributed by atoms with Gasteiger partial charge in [0.1, 0.15) is 0 Å². The number of rotatable bonds is 3. The second kappa shape index (κ2) is 5.57. The lowest BCUT2D eigenvalue weighted by Crippen LogP contribution is -1.85. The highest BCUT2D eigenvalue weighted by atomic mass is 79.9. The quantitative estimate of drug-likeness (QED) is 0.748. The number of halogens is 2. The minimum atomic E-state index is 0.0613. The molecule has 0 amide bonds. The second-order valence-corrected chi connectivity index (χ2v) is 6.80. The van der Waals surface area contributed by atoms with Crippen molar-refractivity contribution in [3.05, 3.63) is 34.3 Å². The van der Waals surface area contributed by atoms with E-state index in [1.54, 1.807) is 0 Å². The minimum Gasteiger partial charge on any atom is -0.307 e. The maximum atomic E-state index is 3.55. The Kier molecular flexibility index (Phi) is 5.08. The van der Waals surface area contributed by atoms with Crippen molar-refractivity contribution >= 4 is 47.0 Å². The molecule has 1 rings (SSSR count). The first kappa shape index (κ1) is 10.0. The summed E-state index contributed by atoms with van der Waals surface area (Å²) in [7, 11) is 0. The van der Waals surface area contributed by atoms with Crippen LogP contribution < -0.4 is 0 Å². The van der Waals surface area contributed by atoms with E-state index in [1.807, 2.05) is 0 Å². The van der Waals surface area contributed by atoms with Crippen molar-refractivity contribution in [2.45, 2.75) is 11.0 Å². The van der Waals surface area contributed by atoms with Crippen molar-refractivity contribution in [2.75, 3.05) is 0 Å². The van der Waals surface area contributed by atoms with E-state index in [2.05, 4.69) is 53.1 Å². The van der Waals surface area contributed by atoms with Gasteiger partial charge in [-0.3, -0.25) is 0 Å². The van der Waals surface area contributed by atoms with Gasteiger partial charge in [-0.25, -0.2) is 0 Å². The Bertz CT molecular complexity index is 208. The van der Waals surface area contributed by atoms with E-state index < -0.39 is 0 Å². The Morgan fingerprint density at radius 2 is 1.82 bits per heavy atom. The minimum absolute atomic E-state index is 0.0613. The maximum Gasteiger partial charge on any atom is 0.468 e. The molecule has 0 spiro atoms. The molecule has 0 heterocycles. The standard InChI is InChI=1S/C8H8Br.BrH.Mg/c1-2-7-3-5-8(9)6-4-7;;/h3-6H,1-2H2;1H;/q;;+1/p-1. The summed E-state index contributed by atoms with van der Waals surface area (Å²) in [6.07, 6.45) is 1.23. The van der Waals surface area contributed by atoms with Gasteiger partial charge in [-0.05, 0) is 18.6 Å². The molecule has 0 fully saturated rings. The molecule has 0 radical (unpaired) electrons. The molecule has 0 nitrogen and oxygen atoms in total. The van der Waals surface area contributed by atoms with Crippen LogP contribution >= 0.6 is 28.8 Å². The lowest BCUT2D eigenvalue weighted by atomic mass is 10.2. The molecule has 0 atom stereocenters. The van der Waals surface area contributed by atoms with Gasteiger partial charge in [0.15, 0.2) is 0 Å². The molecule has 1 aromatic carbocycles. The molecule has 0 aliphatic carbocycles. The van der Waals surface area contributed by atoms with Gasteiger partial charge < -0.3 is 12.9 Å². The summed E-state index contributed by atoms with van der Waals surface area (Å²) in [5.74, 6) is 0. The number of benzene rings is 1. The van der Waals surface area contributed by atoms with E-state index in [9.17, 15) is 0 Å². The van der Waals surface area contributed by atoms with Crippen LogP contribution in [0.2, 0.25) is 4.55 Å². The fourth-order valence-electron chi connectivity index (χ4n) is 0.922. The van der Waals surface area contributed by atoms with E-state index in [4.69, 9.17) is 0 Å². The highest BCUT2D eigenvalue weighted by Gasteiger charge is 1.93. The predicted octanol–water partition coefficient (Wildman–Crippen LogP) is 3.42. The molecule has 3 heteroatoms. The van der Waals surface area contributed by atoms with Crippen LogP contribution in [0.25, 0.3) is 0 Å². The predicted molar refractivity (Wildman–Crippen MR) is 57.3 cm³/mol. The van der Waals surface area contributed by atoms with Crippen LogP contribution in [-0.4, -0.2) is 18.2 Å². The Balaban J connectivity index is 2.52. The zero-order valence-corrected chi connectivity index (χ0v) is 10.8. The molecule has 0 bridgehead atoms. The Hall–Kier alpha value is 0.946. The summed E-state index contributed by atoms with van der Waals surface area (Å²) in [6, 6.07) is 8.57. The molecule has 0 aromatic heterocycles. The number of hydrogen-bond donors (Lipinski definition) is 0. The first-order valence-electron chi connectivity index (χ1n) is 3.63. The van der Waals surface area contributed by atoms with Crippen LogP contribution in [-0.2, 0) is 6.42 Å². The third-order valence-corrected chi connectivity index (χ3v) is 4.34. The van der Waals surface area contributed by atoms with Crippen molar-refractivity contribution < 1.29 is 0 Å². The normalized spacial score (nSPS) is 9.27. The van der Waals surface area contributed by atoms with E-state index in [-0.39, 0.29) is 18.2 Å². The maximum absolute atomic E-state index is 3.55. The van der Waals surface area contributed by atoms with Gasteiger partial charge in [-0.15, -0.1) is 4.55 Å². The molecule has 0 saturated carbocycles. The molecule has 11 heavy (non-hydrogen) atoms. The van der Waals surface area contributed by atoms with Crippen molar-refractivity contribution in [1.29, 1.82) is 0 Å². The van der Waals surface area contributed by atoms with Crippen molar-refractivity contribution in [3.63, 3.8) is 0 Å². The van der Waals surface area contributed by atoms with Gasteiger partial charge in [0.05, 0.1) is 0 Å². The van der Waals surface area contributed by atoms with E-state index in [0.29, 0.717) is 0 Å².